The van der Waals surface area contributed by atoms with E-state index in [9.17, 15) is 9.59 Å². The van der Waals surface area contributed by atoms with Gasteiger partial charge in [0.1, 0.15) is 0 Å². The fourth-order valence-corrected chi connectivity index (χ4v) is 2.27. The van der Waals surface area contributed by atoms with Gasteiger partial charge in [0, 0.05) is 0 Å². The molecule has 0 atom stereocenters. The zero-order valence-electron chi connectivity index (χ0n) is 13.0. The van der Waals surface area contributed by atoms with Crippen LogP contribution in [0.15, 0.2) is 0 Å². The molecule has 0 aliphatic heterocycles. The van der Waals surface area contributed by atoms with E-state index in [1.165, 1.54) is 51.9 Å². The molecule has 6 heteroatoms. The van der Waals surface area contributed by atoms with Crippen LogP contribution < -0.4 is 0 Å². The van der Waals surface area contributed by atoms with E-state index < -0.39 is 17.4 Å². The van der Waals surface area contributed by atoms with Crippen molar-refractivity contribution in [3.05, 3.63) is 0 Å². The van der Waals surface area contributed by atoms with Gasteiger partial charge in [0.25, 0.3) is 0 Å². The Hall–Kier alpha value is 1.58. The molecular formula is C16H32KNaO4. The Kier molecular flexibility index (Phi) is 22.4. The van der Waals surface area contributed by atoms with Gasteiger partial charge in [0.15, 0.2) is 5.41 Å². The predicted molar refractivity (Wildman–Crippen MR) is 94.1 cm³/mol. The minimum absolute atomic E-state index is 0. The van der Waals surface area contributed by atoms with Crippen LogP contribution in [-0.4, -0.2) is 103 Å². The van der Waals surface area contributed by atoms with Crippen LogP contribution in [0.3, 0.4) is 0 Å². The average Bonchev–Trinajstić information content (AvgIpc) is 2.40. The molecule has 0 aliphatic carbocycles. The number of carboxylic acids is 2. The molecule has 0 aromatic heterocycles. The van der Waals surface area contributed by atoms with Crippen LogP contribution in [0, 0.1) is 5.41 Å². The van der Waals surface area contributed by atoms with Crippen molar-refractivity contribution < 1.29 is 19.8 Å². The van der Waals surface area contributed by atoms with Crippen molar-refractivity contribution >= 4 is 92.9 Å². The fraction of sp³-hybridized carbons (Fsp3) is 0.875. The molecule has 0 unspecified atom stereocenters. The Bertz CT molecular complexity index is 284. The van der Waals surface area contributed by atoms with Crippen LogP contribution in [0.5, 0.6) is 0 Å². The van der Waals surface area contributed by atoms with Crippen molar-refractivity contribution in [2.45, 2.75) is 84.5 Å². The molecule has 0 heterocycles. The van der Waals surface area contributed by atoms with Crippen LogP contribution in [0.25, 0.3) is 0 Å². The Morgan fingerprint density at radius 3 is 1.41 bits per heavy atom. The summed E-state index contributed by atoms with van der Waals surface area (Å²) in [7, 11) is 0. The number of hydrogen-bond donors (Lipinski definition) is 2. The molecule has 0 radical (unpaired) electrons. The number of aliphatic carboxylic acids is 2. The van der Waals surface area contributed by atoms with Gasteiger partial charge >= 0.3 is 92.9 Å². The summed E-state index contributed by atoms with van der Waals surface area (Å²) in [4.78, 5) is 21.9. The molecule has 22 heavy (non-hydrogen) atoms. The summed E-state index contributed by atoms with van der Waals surface area (Å²) in [5.74, 6) is -2.47. The van der Waals surface area contributed by atoms with Gasteiger partial charge in [-0.1, -0.05) is 71.1 Å². The molecule has 0 spiro atoms. The number of carboxylic acid groups (broad SMARTS) is 2. The zero-order valence-corrected chi connectivity index (χ0v) is 13.0. The van der Waals surface area contributed by atoms with Gasteiger partial charge in [-0.15, -0.1) is 0 Å². The molecule has 2 N–H and O–H groups in total. The van der Waals surface area contributed by atoms with E-state index in [1.54, 1.807) is 0 Å². The fourth-order valence-electron chi connectivity index (χ4n) is 2.27. The van der Waals surface area contributed by atoms with E-state index in [1.807, 2.05) is 0 Å². The monoisotopic (exact) mass is 350 g/mol. The standard InChI is InChI=1S/C16H30O4.K.Na.2H/c1-3-4-5-6-7-8-9-10-11-12-13-16(2,14(17)18)15(19)20;;;;/h3-13H2,1-2H3,(H,17,18)(H,19,20);;;;. The van der Waals surface area contributed by atoms with Gasteiger partial charge in [0.2, 0.25) is 0 Å². The molecule has 0 aromatic rings. The summed E-state index contributed by atoms with van der Waals surface area (Å²) < 4.78 is 0. The Labute approximate surface area is 199 Å². The van der Waals surface area contributed by atoms with Crippen LogP contribution >= 0.6 is 0 Å². The maximum atomic E-state index is 11.0. The third kappa shape index (κ3) is 12.9. The summed E-state index contributed by atoms with van der Waals surface area (Å²) >= 11 is 0. The van der Waals surface area contributed by atoms with E-state index in [-0.39, 0.29) is 87.4 Å². The van der Waals surface area contributed by atoms with Gasteiger partial charge in [-0.3, -0.25) is 9.59 Å². The van der Waals surface area contributed by atoms with Crippen molar-refractivity contribution in [2.24, 2.45) is 5.41 Å². The molecule has 0 amide bonds. The molecule has 0 rings (SSSR count). The van der Waals surface area contributed by atoms with Gasteiger partial charge in [-0.25, -0.2) is 0 Å². The van der Waals surface area contributed by atoms with Gasteiger partial charge < -0.3 is 10.2 Å². The minimum atomic E-state index is -1.62. The van der Waals surface area contributed by atoms with Crippen molar-refractivity contribution in [1.29, 1.82) is 0 Å². The van der Waals surface area contributed by atoms with E-state index in [0.29, 0.717) is 6.42 Å². The summed E-state index contributed by atoms with van der Waals surface area (Å²) in [6.45, 7) is 3.51. The topological polar surface area (TPSA) is 74.6 Å². The van der Waals surface area contributed by atoms with Gasteiger partial charge in [-0.05, 0) is 13.3 Å². The van der Waals surface area contributed by atoms with E-state index in [2.05, 4.69) is 6.92 Å². The van der Waals surface area contributed by atoms with Crippen LogP contribution in [0.4, 0.5) is 0 Å². The summed E-state index contributed by atoms with van der Waals surface area (Å²) in [5, 5.41) is 17.9. The summed E-state index contributed by atoms with van der Waals surface area (Å²) in [5.41, 5.74) is -1.62. The molecule has 0 bridgehead atoms. The van der Waals surface area contributed by atoms with Crippen molar-refractivity contribution in [3.8, 4) is 0 Å². The second kappa shape index (κ2) is 17.4. The molecule has 0 saturated carbocycles. The third-order valence-corrected chi connectivity index (χ3v) is 3.97. The van der Waals surface area contributed by atoms with Crippen molar-refractivity contribution in [3.63, 3.8) is 0 Å². The number of hydrogen-bond acceptors (Lipinski definition) is 2. The normalized spacial score (nSPS) is 10.5. The second-order valence-corrected chi connectivity index (χ2v) is 5.87. The van der Waals surface area contributed by atoms with E-state index in [4.69, 9.17) is 10.2 Å². The SMILES string of the molecule is CCCCCCCCCCCCC(C)(C(=O)O)C(=O)O.[KH].[NaH]. The molecule has 0 aromatic carbocycles. The van der Waals surface area contributed by atoms with Gasteiger partial charge in [0.05, 0.1) is 0 Å². The zero-order chi connectivity index (χ0) is 15.4. The number of rotatable bonds is 13. The molecule has 0 saturated heterocycles. The molecule has 0 aliphatic rings. The molecular weight excluding hydrogens is 318 g/mol. The Morgan fingerprint density at radius 1 is 0.773 bits per heavy atom. The van der Waals surface area contributed by atoms with Gasteiger partial charge in [-0.2, -0.15) is 0 Å². The van der Waals surface area contributed by atoms with Crippen molar-refractivity contribution in [1.82, 2.24) is 0 Å². The number of carbonyl (C=O) groups is 2. The third-order valence-electron chi connectivity index (χ3n) is 3.97. The molecule has 4 nitrogen and oxygen atoms in total. The maximum absolute atomic E-state index is 11.0. The first-order chi connectivity index (χ1) is 9.45. The van der Waals surface area contributed by atoms with Crippen LogP contribution in [-0.2, 0) is 9.59 Å². The van der Waals surface area contributed by atoms with Crippen LogP contribution in [0.1, 0.15) is 84.5 Å². The first-order valence-corrected chi connectivity index (χ1v) is 7.92. The van der Waals surface area contributed by atoms with E-state index in [0.717, 1.165) is 12.8 Å². The first-order valence-electron chi connectivity index (χ1n) is 7.92. The van der Waals surface area contributed by atoms with Crippen molar-refractivity contribution in [2.75, 3.05) is 0 Å². The second-order valence-electron chi connectivity index (χ2n) is 5.87. The Balaban J connectivity index is -0.00000180. The predicted octanol–water partition coefficient (Wildman–Crippen LogP) is 3.18. The number of unbranched alkanes of at least 4 members (excludes halogenated alkanes) is 9. The average molecular weight is 351 g/mol. The summed E-state index contributed by atoms with van der Waals surface area (Å²) in [6.07, 6.45) is 11.8. The first kappa shape index (κ1) is 28.4. The Morgan fingerprint density at radius 2 is 1.09 bits per heavy atom. The summed E-state index contributed by atoms with van der Waals surface area (Å²) in [6, 6.07) is 0. The van der Waals surface area contributed by atoms with E-state index >= 15 is 0 Å². The van der Waals surface area contributed by atoms with Crippen LogP contribution in [0.2, 0.25) is 0 Å². The molecule has 122 valence electrons. The molecule has 0 fully saturated rings. The quantitative estimate of drug-likeness (QED) is 0.304.